The zero-order valence-electron chi connectivity index (χ0n) is 28.8. The minimum absolute atomic E-state index is 0.573. The molecule has 7 heteroatoms. The van der Waals surface area contributed by atoms with E-state index in [2.05, 4.69) is 97.1 Å². The van der Waals surface area contributed by atoms with Gasteiger partial charge in [-0.3, -0.25) is 0 Å². The molecular formula is C47H28N6O. The zero-order valence-corrected chi connectivity index (χ0v) is 28.8. The topological polar surface area (TPSA) is 82.5 Å². The zero-order chi connectivity index (χ0) is 35.6. The van der Waals surface area contributed by atoms with Crippen LogP contribution in [0.25, 0.3) is 105 Å². The maximum atomic E-state index is 6.28. The van der Waals surface area contributed by atoms with Crippen LogP contribution in [0.15, 0.2) is 174 Å². The molecule has 8 aromatic carbocycles. The molecule has 0 aliphatic carbocycles. The average molecular weight is 693 g/mol. The molecule has 0 unspecified atom stereocenters. The average Bonchev–Trinajstić information content (AvgIpc) is 3.86. The second-order valence-electron chi connectivity index (χ2n) is 13.4. The third kappa shape index (κ3) is 4.94. The Morgan fingerprint density at radius 1 is 0.407 bits per heavy atom. The highest BCUT2D eigenvalue weighted by Gasteiger charge is 2.19. The van der Waals surface area contributed by atoms with Crippen molar-refractivity contribution in [3.8, 4) is 51.0 Å². The van der Waals surface area contributed by atoms with E-state index < -0.39 is 0 Å². The largest absolute Gasteiger partial charge is 0.456 e. The SMILES string of the molecule is c1ccc(-c2cccc(-c3nc(-c4ccc5ccc6ccc7nn(-c8ccccc8)nc7c6c5c4)nc(-c4cccc5oc6ccccc6c45)n3)c2)cc1. The van der Waals surface area contributed by atoms with Gasteiger partial charge in [0.1, 0.15) is 22.2 Å². The Morgan fingerprint density at radius 3 is 1.93 bits per heavy atom. The Labute approximate surface area is 308 Å². The van der Waals surface area contributed by atoms with Crippen LogP contribution in [0, 0.1) is 0 Å². The van der Waals surface area contributed by atoms with Gasteiger partial charge in [-0.15, -0.1) is 10.2 Å². The molecule has 3 heterocycles. The number of hydrogen-bond donors (Lipinski definition) is 0. The van der Waals surface area contributed by atoms with E-state index in [9.17, 15) is 0 Å². The summed E-state index contributed by atoms with van der Waals surface area (Å²) in [5, 5.41) is 16.1. The number of fused-ring (bicyclic) bond motifs is 8. The Morgan fingerprint density at radius 2 is 1.06 bits per heavy atom. The molecule has 0 spiro atoms. The molecule has 7 nitrogen and oxygen atoms in total. The van der Waals surface area contributed by atoms with Gasteiger partial charge in [0.15, 0.2) is 17.5 Å². The molecule has 0 aliphatic heterocycles. The summed E-state index contributed by atoms with van der Waals surface area (Å²) in [6, 6.07) is 57.7. The van der Waals surface area contributed by atoms with Gasteiger partial charge >= 0.3 is 0 Å². The molecule has 11 aromatic rings. The number of furan rings is 1. The number of rotatable bonds is 5. The monoisotopic (exact) mass is 692 g/mol. The molecule has 0 bridgehead atoms. The van der Waals surface area contributed by atoms with Crippen molar-refractivity contribution in [3.05, 3.63) is 170 Å². The number of aromatic nitrogens is 6. The van der Waals surface area contributed by atoms with Gasteiger partial charge in [-0.2, -0.15) is 4.80 Å². The van der Waals surface area contributed by atoms with E-state index in [1.165, 1.54) is 0 Å². The summed E-state index contributed by atoms with van der Waals surface area (Å²) in [5.74, 6) is 1.73. The standard InChI is InChI=1S/C47H28N6O/c1-3-11-29(12-4-1)32-13-9-14-33(27-32)45-48-46(50-47(49-45)37-18-10-20-41-43(37)36-17-7-8-19-40(36)54-41)34-24-22-30-21-23-31-25-26-39-44(42(31)38(30)28-34)52-53(51-39)35-15-5-2-6-16-35/h1-28H. The van der Waals surface area contributed by atoms with Gasteiger partial charge in [0.25, 0.3) is 0 Å². The summed E-state index contributed by atoms with van der Waals surface area (Å²) in [5.41, 5.74) is 9.04. The van der Waals surface area contributed by atoms with E-state index in [1.54, 1.807) is 4.80 Å². The predicted molar refractivity (Wildman–Crippen MR) is 216 cm³/mol. The summed E-state index contributed by atoms with van der Waals surface area (Å²) in [4.78, 5) is 17.3. The molecule has 0 saturated heterocycles. The fourth-order valence-corrected chi connectivity index (χ4v) is 7.52. The van der Waals surface area contributed by atoms with Gasteiger partial charge in [-0.25, -0.2) is 15.0 Å². The van der Waals surface area contributed by atoms with E-state index in [-0.39, 0.29) is 0 Å². The predicted octanol–water partition coefficient (Wildman–Crippen LogP) is 11.5. The van der Waals surface area contributed by atoms with Gasteiger partial charge in [-0.05, 0) is 69.8 Å². The first-order valence-corrected chi connectivity index (χ1v) is 17.8. The van der Waals surface area contributed by atoms with Crippen LogP contribution in [0.3, 0.4) is 0 Å². The van der Waals surface area contributed by atoms with E-state index in [0.717, 1.165) is 88.0 Å². The van der Waals surface area contributed by atoms with Crippen LogP contribution in [0.1, 0.15) is 0 Å². The number of hydrogen-bond acceptors (Lipinski definition) is 6. The van der Waals surface area contributed by atoms with Crippen LogP contribution in [-0.2, 0) is 0 Å². The van der Waals surface area contributed by atoms with Gasteiger partial charge < -0.3 is 4.42 Å². The quantitative estimate of drug-likeness (QED) is 0.167. The van der Waals surface area contributed by atoms with Crippen molar-refractivity contribution in [2.24, 2.45) is 0 Å². The first-order chi connectivity index (χ1) is 26.7. The van der Waals surface area contributed by atoms with Gasteiger partial charge in [0.05, 0.1) is 5.69 Å². The lowest BCUT2D eigenvalue weighted by molar-refractivity contribution is 0.669. The number of nitrogens with zero attached hydrogens (tertiary/aromatic N) is 6. The maximum absolute atomic E-state index is 6.28. The molecule has 3 aromatic heterocycles. The van der Waals surface area contributed by atoms with Crippen molar-refractivity contribution in [3.63, 3.8) is 0 Å². The summed E-state index contributed by atoms with van der Waals surface area (Å²) in [6.07, 6.45) is 0. The Bertz CT molecular complexity index is 3220. The van der Waals surface area contributed by atoms with E-state index in [1.807, 2.05) is 72.8 Å². The molecule has 252 valence electrons. The molecule has 11 rings (SSSR count). The van der Waals surface area contributed by atoms with Crippen LogP contribution in [0.4, 0.5) is 0 Å². The lowest BCUT2D eigenvalue weighted by atomic mass is 9.98. The van der Waals surface area contributed by atoms with E-state index in [4.69, 9.17) is 29.6 Å². The summed E-state index contributed by atoms with van der Waals surface area (Å²) in [7, 11) is 0. The number of benzene rings is 8. The van der Waals surface area contributed by atoms with Crippen LogP contribution in [0.5, 0.6) is 0 Å². The molecule has 54 heavy (non-hydrogen) atoms. The Kier molecular flexibility index (Phi) is 6.72. The van der Waals surface area contributed by atoms with Crippen molar-refractivity contribution in [2.75, 3.05) is 0 Å². The van der Waals surface area contributed by atoms with Gasteiger partial charge in [0, 0.05) is 32.8 Å². The fourth-order valence-electron chi connectivity index (χ4n) is 7.52. The first-order valence-electron chi connectivity index (χ1n) is 17.8. The minimum atomic E-state index is 0.573. The summed E-state index contributed by atoms with van der Waals surface area (Å²) >= 11 is 0. The number of para-hydroxylation sites is 2. The highest BCUT2D eigenvalue weighted by atomic mass is 16.3. The third-order valence-corrected chi connectivity index (χ3v) is 10.1. The van der Waals surface area contributed by atoms with E-state index in [0.29, 0.717) is 17.5 Å². The fraction of sp³-hybridized carbons (Fsp3) is 0. The van der Waals surface area contributed by atoms with Crippen molar-refractivity contribution in [1.29, 1.82) is 0 Å². The Hall–Kier alpha value is -7.51. The third-order valence-electron chi connectivity index (χ3n) is 10.1. The molecule has 0 amide bonds. The van der Waals surface area contributed by atoms with Crippen LogP contribution in [-0.4, -0.2) is 29.9 Å². The summed E-state index contributed by atoms with van der Waals surface area (Å²) in [6.45, 7) is 0. The molecule has 0 atom stereocenters. The molecule has 0 radical (unpaired) electrons. The maximum Gasteiger partial charge on any atom is 0.164 e. The molecule has 0 N–H and O–H groups in total. The smallest absolute Gasteiger partial charge is 0.164 e. The molecule has 0 saturated carbocycles. The van der Waals surface area contributed by atoms with Crippen LogP contribution >= 0.6 is 0 Å². The van der Waals surface area contributed by atoms with Crippen molar-refractivity contribution in [1.82, 2.24) is 29.9 Å². The lowest BCUT2D eigenvalue weighted by Gasteiger charge is -2.11. The molecular weight excluding hydrogens is 665 g/mol. The normalized spacial score (nSPS) is 11.7. The van der Waals surface area contributed by atoms with Crippen molar-refractivity contribution >= 4 is 54.5 Å². The van der Waals surface area contributed by atoms with Gasteiger partial charge in [-0.1, -0.05) is 127 Å². The highest BCUT2D eigenvalue weighted by molar-refractivity contribution is 6.19. The van der Waals surface area contributed by atoms with Crippen molar-refractivity contribution in [2.45, 2.75) is 0 Å². The van der Waals surface area contributed by atoms with Crippen LogP contribution in [0.2, 0.25) is 0 Å². The first kappa shape index (κ1) is 30.1. The second kappa shape index (κ2) is 12.0. The second-order valence-corrected chi connectivity index (χ2v) is 13.4. The van der Waals surface area contributed by atoms with E-state index >= 15 is 0 Å². The van der Waals surface area contributed by atoms with Crippen LogP contribution < -0.4 is 0 Å². The lowest BCUT2D eigenvalue weighted by Crippen LogP contribution is -2.00. The summed E-state index contributed by atoms with van der Waals surface area (Å²) < 4.78 is 6.28. The molecule has 0 aliphatic rings. The molecule has 0 fully saturated rings. The van der Waals surface area contributed by atoms with Crippen molar-refractivity contribution < 1.29 is 4.42 Å². The van der Waals surface area contributed by atoms with Gasteiger partial charge in [0.2, 0.25) is 0 Å². The minimum Gasteiger partial charge on any atom is -0.456 e. The highest BCUT2D eigenvalue weighted by Crippen LogP contribution is 2.38. The Balaban J connectivity index is 1.15.